The molecule has 0 saturated heterocycles. The Morgan fingerprint density at radius 1 is 1.44 bits per heavy atom. The van der Waals surface area contributed by atoms with E-state index in [1.54, 1.807) is 19.2 Å². The molecule has 1 rings (SSSR count). The molecule has 16 heavy (non-hydrogen) atoms. The van der Waals surface area contributed by atoms with Crippen molar-refractivity contribution in [2.24, 2.45) is 0 Å². The summed E-state index contributed by atoms with van der Waals surface area (Å²) in [5.74, 6) is -0.780. The van der Waals surface area contributed by atoms with Gasteiger partial charge in [0.25, 0.3) is 0 Å². The highest BCUT2D eigenvalue weighted by Crippen LogP contribution is 2.14. The van der Waals surface area contributed by atoms with Crippen molar-refractivity contribution < 1.29 is 14.7 Å². The maximum absolute atomic E-state index is 11.0. The number of aromatic nitrogens is 1. The zero-order chi connectivity index (χ0) is 12.1. The molecular weight excluding hydrogens is 206 g/mol. The molecule has 1 aromatic heterocycles. The summed E-state index contributed by atoms with van der Waals surface area (Å²) in [5, 5.41) is 9.00. The van der Waals surface area contributed by atoms with Crippen LogP contribution in [-0.4, -0.2) is 21.4 Å². The zero-order valence-corrected chi connectivity index (χ0v) is 9.69. The first-order valence-corrected chi connectivity index (χ1v) is 5.47. The standard InChI is InChI=1S/C12H17NO3/c1-3-4-11-10(12(15)16)6-8-13(11)7-5-9(2)14/h6,8H,3-5,7H2,1-2H3,(H,15,16). The predicted octanol–water partition coefficient (Wildman–Crippen LogP) is 2.12. The van der Waals surface area contributed by atoms with Gasteiger partial charge in [-0.1, -0.05) is 13.3 Å². The van der Waals surface area contributed by atoms with Crippen molar-refractivity contribution in [1.82, 2.24) is 4.57 Å². The van der Waals surface area contributed by atoms with Gasteiger partial charge in [-0.2, -0.15) is 0 Å². The number of rotatable bonds is 6. The van der Waals surface area contributed by atoms with Crippen molar-refractivity contribution in [2.75, 3.05) is 0 Å². The minimum atomic E-state index is -0.898. The lowest BCUT2D eigenvalue weighted by molar-refractivity contribution is -0.117. The Morgan fingerprint density at radius 2 is 2.12 bits per heavy atom. The van der Waals surface area contributed by atoms with Crippen LogP contribution in [0.2, 0.25) is 0 Å². The third-order valence-electron chi connectivity index (χ3n) is 2.50. The van der Waals surface area contributed by atoms with E-state index in [1.807, 2.05) is 11.5 Å². The number of carboxylic acids is 1. The molecule has 0 bridgehead atoms. The monoisotopic (exact) mass is 223 g/mol. The Morgan fingerprint density at radius 3 is 2.62 bits per heavy atom. The third kappa shape index (κ3) is 2.95. The quantitative estimate of drug-likeness (QED) is 0.803. The Bertz CT molecular complexity index is 393. The highest BCUT2D eigenvalue weighted by atomic mass is 16.4. The maximum atomic E-state index is 11.0. The van der Waals surface area contributed by atoms with Crippen molar-refractivity contribution in [1.29, 1.82) is 0 Å². The minimum absolute atomic E-state index is 0.119. The number of ketones is 1. The first-order chi connectivity index (χ1) is 7.56. The van der Waals surface area contributed by atoms with E-state index >= 15 is 0 Å². The molecule has 0 aromatic carbocycles. The fourth-order valence-electron chi connectivity index (χ4n) is 1.70. The van der Waals surface area contributed by atoms with E-state index in [1.165, 1.54) is 0 Å². The van der Waals surface area contributed by atoms with Crippen LogP contribution in [0.5, 0.6) is 0 Å². The first-order valence-electron chi connectivity index (χ1n) is 5.47. The van der Waals surface area contributed by atoms with Gasteiger partial charge in [-0.05, 0) is 19.4 Å². The topological polar surface area (TPSA) is 59.3 Å². The zero-order valence-electron chi connectivity index (χ0n) is 9.69. The summed E-state index contributed by atoms with van der Waals surface area (Å²) in [7, 11) is 0. The molecule has 0 fully saturated rings. The van der Waals surface area contributed by atoms with Crippen molar-refractivity contribution in [3.8, 4) is 0 Å². The van der Waals surface area contributed by atoms with Gasteiger partial charge in [0, 0.05) is 24.9 Å². The Kier molecular flexibility index (Phi) is 4.28. The van der Waals surface area contributed by atoms with Gasteiger partial charge in [-0.3, -0.25) is 4.79 Å². The number of nitrogens with zero attached hydrogens (tertiary/aromatic N) is 1. The molecule has 1 aromatic rings. The SMILES string of the molecule is CCCc1c(C(=O)O)ccn1CCC(C)=O. The molecule has 4 nitrogen and oxygen atoms in total. The number of Topliss-reactive ketones (excluding diaryl/α,β-unsaturated/α-hetero) is 1. The van der Waals surface area contributed by atoms with Gasteiger partial charge in [0.1, 0.15) is 5.78 Å². The van der Waals surface area contributed by atoms with E-state index in [9.17, 15) is 9.59 Å². The summed E-state index contributed by atoms with van der Waals surface area (Å²) in [6.07, 6.45) is 3.82. The fourth-order valence-corrected chi connectivity index (χ4v) is 1.70. The van der Waals surface area contributed by atoms with Crippen molar-refractivity contribution in [3.05, 3.63) is 23.5 Å². The van der Waals surface area contributed by atoms with Gasteiger partial charge in [-0.15, -0.1) is 0 Å². The number of aromatic carboxylic acids is 1. The molecule has 88 valence electrons. The molecule has 0 amide bonds. The van der Waals surface area contributed by atoms with E-state index in [-0.39, 0.29) is 5.78 Å². The van der Waals surface area contributed by atoms with E-state index in [0.717, 1.165) is 18.5 Å². The minimum Gasteiger partial charge on any atom is -0.478 e. The summed E-state index contributed by atoms with van der Waals surface area (Å²) in [6, 6.07) is 1.60. The summed E-state index contributed by atoms with van der Waals surface area (Å²) in [5.41, 5.74) is 1.17. The molecule has 0 radical (unpaired) electrons. The molecule has 0 unspecified atom stereocenters. The third-order valence-corrected chi connectivity index (χ3v) is 2.50. The summed E-state index contributed by atoms with van der Waals surface area (Å²) >= 11 is 0. The van der Waals surface area contributed by atoms with Crippen LogP contribution in [-0.2, 0) is 17.8 Å². The maximum Gasteiger partial charge on any atom is 0.337 e. The van der Waals surface area contributed by atoms with Gasteiger partial charge < -0.3 is 9.67 Å². The van der Waals surface area contributed by atoms with Gasteiger partial charge >= 0.3 is 5.97 Å². The lowest BCUT2D eigenvalue weighted by Gasteiger charge is -2.08. The lowest BCUT2D eigenvalue weighted by atomic mass is 10.1. The van der Waals surface area contributed by atoms with Crippen LogP contribution in [0.3, 0.4) is 0 Å². The lowest BCUT2D eigenvalue weighted by Crippen LogP contribution is -2.08. The second-order valence-corrected chi connectivity index (χ2v) is 3.88. The van der Waals surface area contributed by atoms with Crippen molar-refractivity contribution in [2.45, 2.75) is 39.7 Å². The smallest absolute Gasteiger partial charge is 0.337 e. The number of carbonyl (C=O) groups is 2. The van der Waals surface area contributed by atoms with E-state index in [2.05, 4.69) is 0 Å². The normalized spacial score (nSPS) is 10.4. The van der Waals surface area contributed by atoms with Crippen LogP contribution in [0, 0.1) is 0 Å². The molecule has 1 heterocycles. The largest absolute Gasteiger partial charge is 0.478 e. The molecule has 0 aliphatic heterocycles. The van der Waals surface area contributed by atoms with Crippen LogP contribution in [0.4, 0.5) is 0 Å². The number of aryl methyl sites for hydroxylation is 1. The molecule has 0 spiro atoms. The van der Waals surface area contributed by atoms with E-state index < -0.39 is 5.97 Å². The van der Waals surface area contributed by atoms with Crippen LogP contribution in [0.15, 0.2) is 12.3 Å². The van der Waals surface area contributed by atoms with Gasteiger partial charge in [0.2, 0.25) is 0 Å². The van der Waals surface area contributed by atoms with Crippen molar-refractivity contribution >= 4 is 11.8 Å². The average molecular weight is 223 g/mol. The predicted molar refractivity (Wildman–Crippen MR) is 60.7 cm³/mol. The van der Waals surface area contributed by atoms with Crippen LogP contribution >= 0.6 is 0 Å². The molecular formula is C12H17NO3. The second kappa shape index (κ2) is 5.49. The van der Waals surface area contributed by atoms with E-state index in [4.69, 9.17) is 5.11 Å². The number of hydrogen-bond donors (Lipinski definition) is 1. The molecule has 1 N–H and O–H groups in total. The van der Waals surface area contributed by atoms with Crippen LogP contribution in [0.25, 0.3) is 0 Å². The highest BCUT2D eigenvalue weighted by molar-refractivity contribution is 5.89. The fraction of sp³-hybridized carbons (Fsp3) is 0.500. The molecule has 0 aliphatic rings. The average Bonchev–Trinajstić information content (AvgIpc) is 2.59. The number of carbonyl (C=O) groups excluding carboxylic acids is 1. The summed E-state index contributed by atoms with van der Waals surface area (Å²) < 4.78 is 1.87. The Labute approximate surface area is 94.9 Å². The van der Waals surface area contributed by atoms with Crippen LogP contribution < -0.4 is 0 Å². The number of hydrogen-bond acceptors (Lipinski definition) is 2. The second-order valence-electron chi connectivity index (χ2n) is 3.88. The van der Waals surface area contributed by atoms with Crippen LogP contribution in [0.1, 0.15) is 42.7 Å². The Hall–Kier alpha value is -1.58. The van der Waals surface area contributed by atoms with E-state index in [0.29, 0.717) is 18.5 Å². The highest BCUT2D eigenvalue weighted by Gasteiger charge is 2.14. The molecule has 0 aliphatic carbocycles. The van der Waals surface area contributed by atoms with Crippen molar-refractivity contribution in [3.63, 3.8) is 0 Å². The molecule has 4 heteroatoms. The van der Waals surface area contributed by atoms with Gasteiger partial charge in [0.15, 0.2) is 0 Å². The summed E-state index contributed by atoms with van der Waals surface area (Å²) in [6.45, 7) is 4.12. The Balaban J connectivity index is 2.90. The van der Waals surface area contributed by atoms with Gasteiger partial charge in [-0.25, -0.2) is 4.79 Å². The first kappa shape index (κ1) is 12.5. The molecule has 0 saturated carbocycles. The van der Waals surface area contributed by atoms with Gasteiger partial charge in [0.05, 0.1) is 5.56 Å². The molecule has 0 atom stereocenters. The number of carboxylic acid groups (broad SMARTS) is 1. The summed E-state index contributed by atoms with van der Waals surface area (Å²) in [4.78, 5) is 21.9.